The van der Waals surface area contributed by atoms with Gasteiger partial charge in [0, 0.05) is 28.8 Å². The Hall–Kier alpha value is -3.92. The molecule has 10 heteroatoms. The normalized spacial score (nSPS) is 11.1. The van der Waals surface area contributed by atoms with Gasteiger partial charge in [-0.25, -0.2) is 13.6 Å². The summed E-state index contributed by atoms with van der Waals surface area (Å²) in [6.07, 6.45) is 1.25. The summed E-state index contributed by atoms with van der Waals surface area (Å²) < 4.78 is 35.3. The fourth-order valence-corrected chi connectivity index (χ4v) is 5.00. The van der Waals surface area contributed by atoms with E-state index in [1.165, 1.54) is 40.3 Å². The minimum Gasteiger partial charge on any atom is -0.462 e. The van der Waals surface area contributed by atoms with Crippen molar-refractivity contribution in [1.29, 1.82) is 0 Å². The van der Waals surface area contributed by atoms with Gasteiger partial charge in [0.15, 0.2) is 0 Å². The summed E-state index contributed by atoms with van der Waals surface area (Å²) in [4.78, 5) is 37.3. The molecule has 0 aliphatic carbocycles. The first-order valence-corrected chi connectivity index (χ1v) is 11.1. The van der Waals surface area contributed by atoms with Gasteiger partial charge in [0.2, 0.25) is 5.43 Å². The van der Waals surface area contributed by atoms with Crippen LogP contribution in [0.5, 0.6) is 0 Å². The molecule has 2 aromatic heterocycles. The standard InChI is InChI=1S/C24H18F2N2O5S/c1-3-33-24(30)17-12-27(11-16-18(25)5-4-6-19(16)26)23-20(21(17)29)13(2)22(34-23)14-7-9-15(10-8-14)28(31)32/h4-10,12H,3,11H2,1-2H3. The van der Waals surface area contributed by atoms with Gasteiger partial charge in [-0.2, -0.15) is 0 Å². The van der Waals surface area contributed by atoms with E-state index in [4.69, 9.17) is 4.74 Å². The van der Waals surface area contributed by atoms with Gasteiger partial charge in [-0.05, 0) is 49.2 Å². The van der Waals surface area contributed by atoms with Crippen LogP contribution in [0.25, 0.3) is 20.7 Å². The molecule has 0 radical (unpaired) electrons. The van der Waals surface area contributed by atoms with Crippen LogP contribution >= 0.6 is 11.3 Å². The molecule has 0 aliphatic rings. The smallest absolute Gasteiger partial charge is 0.343 e. The van der Waals surface area contributed by atoms with Gasteiger partial charge >= 0.3 is 5.97 Å². The average Bonchev–Trinajstić information content (AvgIpc) is 3.15. The Bertz CT molecular complexity index is 1470. The van der Waals surface area contributed by atoms with Crippen LogP contribution in [0.15, 0.2) is 53.5 Å². The Balaban J connectivity index is 1.97. The third-order valence-electron chi connectivity index (χ3n) is 5.37. The SMILES string of the molecule is CCOC(=O)c1cn(Cc2c(F)cccc2F)c2sc(-c3ccc([N+](=O)[O-])cc3)c(C)c2c1=O. The summed E-state index contributed by atoms with van der Waals surface area (Å²) in [5.74, 6) is -2.35. The van der Waals surface area contributed by atoms with Crippen LogP contribution < -0.4 is 5.43 Å². The first kappa shape index (κ1) is 23.2. The number of hydrogen-bond acceptors (Lipinski definition) is 6. The second kappa shape index (κ2) is 9.14. The van der Waals surface area contributed by atoms with Gasteiger partial charge < -0.3 is 9.30 Å². The lowest BCUT2D eigenvalue weighted by atomic mass is 10.1. The Morgan fingerprint density at radius 2 is 1.79 bits per heavy atom. The van der Waals surface area contributed by atoms with Gasteiger partial charge in [-0.3, -0.25) is 14.9 Å². The maximum absolute atomic E-state index is 14.4. The van der Waals surface area contributed by atoms with Crippen molar-refractivity contribution in [1.82, 2.24) is 4.57 Å². The molecule has 4 aromatic rings. The number of carbonyl (C=O) groups is 1. The summed E-state index contributed by atoms with van der Waals surface area (Å²) in [7, 11) is 0. The first-order valence-electron chi connectivity index (χ1n) is 10.2. The lowest BCUT2D eigenvalue weighted by molar-refractivity contribution is -0.384. The van der Waals surface area contributed by atoms with Crippen LogP contribution in [0.4, 0.5) is 14.5 Å². The number of nitro groups is 1. The molecule has 0 N–H and O–H groups in total. The van der Waals surface area contributed by atoms with Gasteiger partial charge in [0.1, 0.15) is 22.0 Å². The molecule has 0 bridgehead atoms. The number of esters is 1. The zero-order valence-corrected chi connectivity index (χ0v) is 18.9. The van der Waals surface area contributed by atoms with E-state index in [2.05, 4.69) is 0 Å². The highest BCUT2D eigenvalue weighted by Gasteiger charge is 2.23. The summed E-state index contributed by atoms with van der Waals surface area (Å²) in [5.41, 5.74) is 0.0764. The highest BCUT2D eigenvalue weighted by Crippen LogP contribution is 2.38. The van der Waals surface area contributed by atoms with Crippen LogP contribution in [0.3, 0.4) is 0 Å². The van der Waals surface area contributed by atoms with E-state index < -0.39 is 28.0 Å². The molecule has 0 atom stereocenters. The van der Waals surface area contributed by atoms with E-state index in [1.54, 1.807) is 26.0 Å². The van der Waals surface area contributed by atoms with Crippen molar-refractivity contribution < 1.29 is 23.2 Å². The maximum Gasteiger partial charge on any atom is 0.343 e. The summed E-state index contributed by atoms with van der Waals surface area (Å²) in [6, 6.07) is 9.34. The number of thiophene rings is 1. The van der Waals surface area contributed by atoms with Crippen molar-refractivity contribution in [2.45, 2.75) is 20.4 Å². The molecule has 7 nitrogen and oxygen atoms in total. The molecule has 0 aliphatic heterocycles. The molecule has 2 heterocycles. The van der Waals surface area contributed by atoms with Crippen LogP contribution in [0, 0.1) is 28.7 Å². The lowest BCUT2D eigenvalue weighted by Crippen LogP contribution is -2.21. The molecule has 174 valence electrons. The molecule has 0 fully saturated rings. The van der Waals surface area contributed by atoms with Crippen LogP contribution in [0.2, 0.25) is 0 Å². The highest BCUT2D eigenvalue weighted by atomic mass is 32.1. The van der Waals surface area contributed by atoms with Crippen molar-refractivity contribution in [2.75, 3.05) is 6.61 Å². The molecule has 0 saturated carbocycles. The zero-order chi connectivity index (χ0) is 24.6. The van der Waals surface area contributed by atoms with E-state index >= 15 is 0 Å². The van der Waals surface area contributed by atoms with Crippen LogP contribution in [-0.2, 0) is 11.3 Å². The highest BCUT2D eigenvalue weighted by molar-refractivity contribution is 7.22. The molecule has 2 aromatic carbocycles. The third kappa shape index (κ3) is 4.08. The van der Waals surface area contributed by atoms with Crippen molar-refractivity contribution in [3.63, 3.8) is 0 Å². The molecule has 0 saturated heterocycles. The predicted octanol–water partition coefficient (Wildman–Crippen LogP) is 5.45. The van der Waals surface area contributed by atoms with Crippen molar-refractivity contribution in [3.05, 3.63) is 97.3 Å². The van der Waals surface area contributed by atoms with Gasteiger partial charge in [0.25, 0.3) is 5.69 Å². The molecule has 34 heavy (non-hydrogen) atoms. The lowest BCUT2D eigenvalue weighted by Gasteiger charge is -2.12. The summed E-state index contributed by atoms with van der Waals surface area (Å²) >= 11 is 1.19. The molecular weight excluding hydrogens is 466 g/mol. The zero-order valence-electron chi connectivity index (χ0n) is 18.1. The minimum absolute atomic E-state index is 0.0505. The van der Waals surface area contributed by atoms with Crippen molar-refractivity contribution in [2.24, 2.45) is 0 Å². The van der Waals surface area contributed by atoms with E-state index in [1.807, 2.05) is 0 Å². The summed E-state index contributed by atoms with van der Waals surface area (Å²) in [6.45, 7) is 3.09. The van der Waals surface area contributed by atoms with Crippen LogP contribution in [0.1, 0.15) is 28.4 Å². The number of nitro benzene ring substituents is 1. The number of ether oxygens (including phenoxy) is 1. The predicted molar refractivity (Wildman–Crippen MR) is 124 cm³/mol. The number of nitrogens with zero attached hydrogens (tertiary/aromatic N) is 2. The Labute approximate surface area is 196 Å². The number of hydrogen-bond donors (Lipinski definition) is 0. The number of non-ortho nitro benzene ring substituents is 1. The van der Waals surface area contributed by atoms with Crippen LogP contribution in [-0.4, -0.2) is 22.1 Å². The second-order valence-electron chi connectivity index (χ2n) is 7.46. The number of pyridine rings is 1. The van der Waals surface area contributed by atoms with Crippen molar-refractivity contribution in [3.8, 4) is 10.4 Å². The molecule has 0 amide bonds. The number of benzene rings is 2. The fraction of sp³-hybridized carbons (Fsp3) is 0.167. The largest absolute Gasteiger partial charge is 0.462 e. The van der Waals surface area contributed by atoms with Gasteiger partial charge in [0.05, 0.1) is 23.5 Å². The average molecular weight is 484 g/mol. The first-order chi connectivity index (χ1) is 16.2. The second-order valence-corrected chi connectivity index (χ2v) is 8.46. The maximum atomic E-state index is 14.4. The molecular formula is C24H18F2N2O5S. The van der Waals surface area contributed by atoms with E-state index in [9.17, 15) is 28.5 Å². The third-order valence-corrected chi connectivity index (χ3v) is 6.75. The Morgan fingerprint density at radius 3 is 2.38 bits per heavy atom. The Morgan fingerprint density at radius 1 is 1.15 bits per heavy atom. The fourth-order valence-electron chi connectivity index (χ4n) is 3.71. The van der Waals surface area contributed by atoms with Gasteiger partial charge in [-0.1, -0.05) is 6.07 Å². The molecule has 0 unspecified atom stereocenters. The van der Waals surface area contributed by atoms with Crippen molar-refractivity contribution >= 4 is 33.2 Å². The monoisotopic (exact) mass is 484 g/mol. The number of aromatic nitrogens is 1. The molecule has 0 spiro atoms. The topological polar surface area (TPSA) is 91.4 Å². The quantitative estimate of drug-likeness (QED) is 0.206. The van der Waals surface area contributed by atoms with E-state index in [0.29, 0.717) is 20.8 Å². The van der Waals surface area contributed by atoms with Gasteiger partial charge in [-0.15, -0.1) is 11.3 Å². The summed E-state index contributed by atoms with van der Waals surface area (Å²) in [5, 5.41) is 11.2. The minimum atomic E-state index is -0.834. The number of carbonyl (C=O) groups excluding carboxylic acids is 1. The molecule has 4 rings (SSSR count). The van der Waals surface area contributed by atoms with E-state index in [0.717, 1.165) is 12.1 Å². The van der Waals surface area contributed by atoms with E-state index in [-0.39, 0.29) is 35.4 Å². The number of fused-ring (bicyclic) bond motifs is 1. The number of aryl methyl sites for hydroxylation is 1. The number of halogens is 2. The number of rotatable bonds is 6. The Kier molecular flexibility index (Phi) is 6.25.